The summed E-state index contributed by atoms with van der Waals surface area (Å²) in [5.41, 5.74) is 4.97. The van der Waals surface area contributed by atoms with Crippen LogP contribution >= 0.6 is 0 Å². The van der Waals surface area contributed by atoms with Crippen molar-refractivity contribution in [3.63, 3.8) is 0 Å². The average molecular weight is 553 g/mol. The second kappa shape index (κ2) is 12.0. The monoisotopic (exact) mass is 552 g/mol. The number of rotatable bonds is 13. The van der Waals surface area contributed by atoms with Gasteiger partial charge in [-0.1, -0.05) is 56.4 Å². The standard InChI is InChI=1S/C27H52O4Si4/c1-13-26-17-27(26)35(21-25(11)12)30-33(15-3,19-23(7)8)28-32(14-2,18-22(5)6)29-34(16-4,31-35)20-24(9)10/h26-27H,5,7,9,11,13-21H2,1-4,6,8,10,12H3. The van der Waals surface area contributed by atoms with Crippen molar-refractivity contribution in [3.8, 4) is 0 Å². The van der Waals surface area contributed by atoms with Crippen LogP contribution in [0.2, 0.25) is 47.8 Å². The van der Waals surface area contributed by atoms with Gasteiger partial charge in [-0.25, -0.2) is 0 Å². The van der Waals surface area contributed by atoms with E-state index in [1.165, 1.54) is 6.42 Å². The van der Waals surface area contributed by atoms with Crippen LogP contribution in [0.4, 0.5) is 0 Å². The molecule has 1 aliphatic heterocycles. The highest BCUT2D eigenvalue weighted by Gasteiger charge is 2.67. The van der Waals surface area contributed by atoms with Crippen molar-refractivity contribution in [1.82, 2.24) is 0 Å². The fourth-order valence-corrected chi connectivity index (χ4v) is 31.6. The predicted octanol–water partition coefficient (Wildman–Crippen LogP) is 9.00. The summed E-state index contributed by atoms with van der Waals surface area (Å²) in [6.45, 7) is 34.6. The summed E-state index contributed by atoms with van der Waals surface area (Å²) < 4.78 is 30.1. The Hall–Kier alpha value is -0.332. The molecule has 35 heavy (non-hydrogen) atoms. The first-order chi connectivity index (χ1) is 16.2. The molecule has 1 aliphatic carbocycles. The Morgan fingerprint density at radius 3 is 1.20 bits per heavy atom. The van der Waals surface area contributed by atoms with Crippen LogP contribution in [0.25, 0.3) is 0 Å². The molecule has 200 valence electrons. The van der Waals surface area contributed by atoms with Gasteiger partial charge in [0.05, 0.1) is 0 Å². The lowest BCUT2D eigenvalue weighted by Gasteiger charge is -2.54. The van der Waals surface area contributed by atoms with Crippen LogP contribution in [0.15, 0.2) is 48.6 Å². The molecule has 2 fully saturated rings. The molecule has 4 nitrogen and oxygen atoms in total. The van der Waals surface area contributed by atoms with Crippen molar-refractivity contribution in [2.75, 3.05) is 0 Å². The van der Waals surface area contributed by atoms with Gasteiger partial charge in [0.2, 0.25) is 0 Å². The third-order valence-electron chi connectivity index (χ3n) is 7.35. The molecule has 0 spiro atoms. The van der Waals surface area contributed by atoms with Crippen molar-refractivity contribution < 1.29 is 16.5 Å². The third kappa shape index (κ3) is 7.60. The van der Waals surface area contributed by atoms with Crippen molar-refractivity contribution in [2.45, 2.75) is 116 Å². The zero-order valence-corrected chi connectivity index (χ0v) is 28.0. The lowest BCUT2D eigenvalue weighted by atomic mass is 10.3. The minimum atomic E-state index is -2.75. The molecule has 0 N–H and O–H groups in total. The summed E-state index contributed by atoms with van der Waals surface area (Å²) in [6, 6.07) is 5.77. The van der Waals surface area contributed by atoms with E-state index in [2.05, 4.69) is 81.7 Å². The Kier molecular flexibility index (Phi) is 10.6. The molecule has 0 radical (unpaired) electrons. The van der Waals surface area contributed by atoms with Gasteiger partial charge in [0.15, 0.2) is 0 Å². The van der Waals surface area contributed by atoms with Gasteiger partial charge in [-0.3, -0.25) is 0 Å². The largest absolute Gasteiger partial charge is 0.415 e. The van der Waals surface area contributed by atoms with Crippen molar-refractivity contribution in [1.29, 1.82) is 0 Å². The number of allylic oxidation sites excluding steroid dienone is 4. The molecule has 1 heterocycles. The summed E-state index contributed by atoms with van der Waals surface area (Å²) in [6.07, 6.45) is 2.34. The maximum Gasteiger partial charge on any atom is 0.328 e. The topological polar surface area (TPSA) is 36.9 Å². The molecule has 0 aromatic rings. The molecular formula is C27H52O4Si4. The van der Waals surface area contributed by atoms with E-state index in [0.29, 0.717) is 11.5 Å². The molecule has 0 amide bonds. The second-order valence-electron chi connectivity index (χ2n) is 11.6. The summed E-state index contributed by atoms with van der Waals surface area (Å²) in [7, 11) is -10.9. The Morgan fingerprint density at radius 1 is 0.600 bits per heavy atom. The van der Waals surface area contributed by atoms with Crippen LogP contribution in [0.5, 0.6) is 0 Å². The Bertz CT molecular complexity index is 792. The quantitative estimate of drug-likeness (QED) is 0.169. The molecule has 0 aromatic carbocycles. The van der Waals surface area contributed by atoms with Crippen LogP contribution in [-0.2, 0) is 16.5 Å². The fraction of sp³-hybridized carbons (Fsp3) is 0.704. The van der Waals surface area contributed by atoms with Crippen LogP contribution in [-0.4, -0.2) is 34.2 Å². The lowest BCUT2D eigenvalue weighted by molar-refractivity contribution is 0.212. The Balaban J connectivity index is 2.80. The first-order valence-electron chi connectivity index (χ1n) is 13.6. The molecular weight excluding hydrogens is 501 g/mol. The van der Waals surface area contributed by atoms with Gasteiger partial charge in [-0.15, -0.1) is 26.3 Å². The highest BCUT2D eigenvalue weighted by atomic mass is 28.5. The zero-order chi connectivity index (χ0) is 26.7. The number of hydrogen-bond donors (Lipinski definition) is 0. The van der Waals surface area contributed by atoms with Gasteiger partial charge in [0, 0.05) is 29.7 Å². The van der Waals surface area contributed by atoms with Crippen molar-refractivity contribution in [3.05, 3.63) is 48.6 Å². The molecule has 1 saturated carbocycles. The highest BCUT2D eigenvalue weighted by Crippen LogP contribution is 2.59. The fourth-order valence-electron chi connectivity index (χ4n) is 5.81. The van der Waals surface area contributed by atoms with Crippen LogP contribution in [0.1, 0.15) is 68.2 Å². The van der Waals surface area contributed by atoms with E-state index in [-0.39, 0.29) is 0 Å². The van der Waals surface area contributed by atoms with E-state index in [0.717, 1.165) is 71.0 Å². The summed E-state index contributed by atoms with van der Waals surface area (Å²) in [5.74, 6) is 0.658. The molecule has 4 unspecified atom stereocenters. The van der Waals surface area contributed by atoms with Crippen LogP contribution in [0, 0.1) is 5.92 Å². The Morgan fingerprint density at radius 2 is 0.943 bits per heavy atom. The maximum absolute atomic E-state index is 7.61. The zero-order valence-electron chi connectivity index (χ0n) is 24.0. The smallest absolute Gasteiger partial charge is 0.328 e. The molecule has 8 heteroatoms. The summed E-state index contributed by atoms with van der Waals surface area (Å²) in [5, 5.41) is 0. The molecule has 4 atom stereocenters. The SMILES string of the molecule is C=C(C)C[Si]1(CC)O[Si](CC)(CC(=C)C)O[Si](CC(=C)C)(C2CC2CC)O[Si](CC)(CC(=C)C)O1. The number of hydrogen-bond acceptors (Lipinski definition) is 4. The van der Waals surface area contributed by atoms with Gasteiger partial charge in [0.1, 0.15) is 0 Å². The predicted molar refractivity (Wildman–Crippen MR) is 159 cm³/mol. The Labute approximate surface area is 220 Å². The van der Waals surface area contributed by atoms with Gasteiger partial charge in [-0.2, -0.15) is 0 Å². The first-order valence-corrected chi connectivity index (χ1v) is 22.4. The third-order valence-corrected chi connectivity index (χ3v) is 28.6. The van der Waals surface area contributed by atoms with Crippen molar-refractivity contribution in [2.24, 2.45) is 5.92 Å². The van der Waals surface area contributed by atoms with E-state index < -0.39 is 34.2 Å². The van der Waals surface area contributed by atoms with E-state index in [1.807, 2.05) is 0 Å². The summed E-state index contributed by atoms with van der Waals surface area (Å²) >= 11 is 0. The van der Waals surface area contributed by atoms with E-state index >= 15 is 0 Å². The molecule has 1 saturated heterocycles. The summed E-state index contributed by atoms with van der Waals surface area (Å²) in [4.78, 5) is 0. The molecule has 0 aromatic heterocycles. The highest BCUT2D eigenvalue weighted by molar-refractivity contribution is 6.96. The van der Waals surface area contributed by atoms with Gasteiger partial charge in [-0.05, 0) is 58.2 Å². The van der Waals surface area contributed by atoms with E-state index in [9.17, 15) is 0 Å². The minimum Gasteiger partial charge on any atom is -0.415 e. The minimum absolute atomic E-state index is 0.473. The molecule has 2 aliphatic rings. The van der Waals surface area contributed by atoms with Crippen LogP contribution < -0.4 is 0 Å². The normalized spacial score (nSPS) is 37.3. The molecule has 2 rings (SSSR count). The van der Waals surface area contributed by atoms with Gasteiger partial charge >= 0.3 is 34.2 Å². The van der Waals surface area contributed by atoms with E-state index in [1.54, 1.807) is 0 Å². The average Bonchev–Trinajstić information content (AvgIpc) is 3.51. The van der Waals surface area contributed by atoms with Gasteiger partial charge < -0.3 is 16.5 Å². The first kappa shape index (κ1) is 30.9. The van der Waals surface area contributed by atoms with E-state index in [4.69, 9.17) is 16.5 Å². The maximum atomic E-state index is 7.61. The lowest BCUT2D eigenvalue weighted by Crippen LogP contribution is -2.70. The van der Waals surface area contributed by atoms with Crippen molar-refractivity contribution >= 4 is 34.2 Å². The second-order valence-corrected chi connectivity index (χ2v) is 26.2. The van der Waals surface area contributed by atoms with Gasteiger partial charge in [0.25, 0.3) is 0 Å². The van der Waals surface area contributed by atoms with Crippen LogP contribution in [0.3, 0.4) is 0 Å². The molecule has 0 bridgehead atoms.